The van der Waals surface area contributed by atoms with E-state index in [4.69, 9.17) is 28.9 Å². The van der Waals surface area contributed by atoms with Crippen LogP contribution in [0, 0.1) is 6.92 Å². The lowest BCUT2D eigenvalue weighted by atomic mass is 10.1. The molecule has 2 aromatic carbocycles. The number of rotatable bonds is 5. The van der Waals surface area contributed by atoms with Gasteiger partial charge in [-0.25, -0.2) is 4.98 Å². The van der Waals surface area contributed by atoms with Crippen molar-refractivity contribution in [3.8, 4) is 0 Å². The van der Waals surface area contributed by atoms with Gasteiger partial charge in [0.15, 0.2) is 0 Å². The minimum Gasteiger partial charge on any atom is -0.396 e. The van der Waals surface area contributed by atoms with Gasteiger partial charge in [-0.05, 0) is 36.8 Å². The van der Waals surface area contributed by atoms with Gasteiger partial charge in [-0.1, -0.05) is 47.1 Å². The maximum atomic E-state index is 12.4. The molecule has 0 aliphatic heterocycles. The molecule has 3 rings (SSSR count). The fraction of sp³-hybridized carbons (Fsp3) is 0.111. The molecule has 1 amide bonds. The van der Waals surface area contributed by atoms with Crippen molar-refractivity contribution < 1.29 is 4.79 Å². The van der Waals surface area contributed by atoms with Crippen LogP contribution in [0.25, 0.3) is 0 Å². The van der Waals surface area contributed by atoms with E-state index in [9.17, 15) is 4.79 Å². The first-order valence-corrected chi connectivity index (χ1v) is 10.2. The molecule has 3 N–H and O–H groups in total. The molecule has 0 aliphatic carbocycles. The zero-order chi connectivity index (χ0) is 18.7. The van der Waals surface area contributed by atoms with Gasteiger partial charge < -0.3 is 11.1 Å². The van der Waals surface area contributed by atoms with E-state index in [1.807, 2.05) is 24.4 Å². The summed E-state index contributed by atoms with van der Waals surface area (Å²) in [7, 11) is 0. The van der Waals surface area contributed by atoms with Crippen molar-refractivity contribution in [3.05, 3.63) is 68.6 Å². The summed E-state index contributed by atoms with van der Waals surface area (Å²) in [6.45, 7) is 1.98. The largest absolute Gasteiger partial charge is 0.396 e. The Kier molecular flexibility index (Phi) is 6.09. The van der Waals surface area contributed by atoms with Crippen LogP contribution in [-0.4, -0.2) is 10.9 Å². The van der Waals surface area contributed by atoms with Gasteiger partial charge in [0.25, 0.3) is 5.91 Å². The third-order valence-electron chi connectivity index (χ3n) is 3.51. The summed E-state index contributed by atoms with van der Waals surface area (Å²) in [4.78, 5) is 16.8. The molecule has 0 fully saturated rings. The van der Waals surface area contributed by atoms with Gasteiger partial charge >= 0.3 is 0 Å². The van der Waals surface area contributed by atoms with Crippen LogP contribution in [-0.2, 0) is 5.75 Å². The first kappa shape index (κ1) is 19.0. The number of halogens is 2. The number of hydrogen-bond acceptors (Lipinski definition) is 5. The van der Waals surface area contributed by atoms with Crippen molar-refractivity contribution >= 4 is 63.6 Å². The van der Waals surface area contributed by atoms with Gasteiger partial charge in [0.1, 0.15) is 4.34 Å². The van der Waals surface area contributed by atoms with Gasteiger partial charge in [0, 0.05) is 28.1 Å². The molecule has 3 aromatic rings. The van der Waals surface area contributed by atoms with Crippen molar-refractivity contribution in [2.24, 2.45) is 0 Å². The second-order valence-electron chi connectivity index (χ2n) is 5.55. The van der Waals surface area contributed by atoms with Gasteiger partial charge in [-0.15, -0.1) is 11.3 Å². The summed E-state index contributed by atoms with van der Waals surface area (Å²) in [6.07, 6.45) is 0. The zero-order valence-corrected chi connectivity index (χ0v) is 16.9. The maximum Gasteiger partial charge on any atom is 0.255 e. The average Bonchev–Trinajstić information content (AvgIpc) is 3.03. The Bertz CT molecular complexity index is 919. The van der Waals surface area contributed by atoms with Crippen LogP contribution >= 0.6 is 46.3 Å². The first-order valence-electron chi connectivity index (χ1n) is 7.62. The Morgan fingerprint density at radius 2 is 1.88 bits per heavy atom. The number of nitrogens with two attached hydrogens (primary N) is 1. The maximum absolute atomic E-state index is 12.4. The summed E-state index contributed by atoms with van der Waals surface area (Å²) in [5.41, 5.74) is 9.20. The summed E-state index contributed by atoms with van der Waals surface area (Å²) < 4.78 is 1.04. The van der Waals surface area contributed by atoms with Gasteiger partial charge in [-0.3, -0.25) is 4.79 Å². The normalized spacial score (nSPS) is 10.7. The lowest BCUT2D eigenvalue weighted by Crippen LogP contribution is -2.12. The number of benzene rings is 2. The van der Waals surface area contributed by atoms with Crippen LogP contribution in [0.1, 0.15) is 21.6 Å². The number of anilines is 2. The van der Waals surface area contributed by atoms with Crippen LogP contribution in [0.4, 0.5) is 11.4 Å². The van der Waals surface area contributed by atoms with Crippen LogP contribution in [0.3, 0.4) is 0 Å². The van der Waals surface area contributed by atoms with Gasteiger partial charge in [-0.2, -0.15) is 0 Å². The number of thioether (sulfide) groups is 1. The predicted octanol–water partition coefficient (Wildman–Crippen LogP) is 5.89. The molecule has 0 unspecified atom stereocenters. The smallest absolute Gasteiger partial charge is 0.255 e. The standard InChI is InChI=1S/C18H15Cl2N3OS2/c1-10-8-25-18(22-10)26-9-11-2-4-12(5-3-11)17(24)23-13-6-14(19)16(21)15(20)7-13/h2-8H,9,21H2,1H3,(H,23,24). The molecule has 0 saturated heterocycles. The minimum absolute atomic E-state index is 0.239. The van der Waals surface area contributed by atoms with Gasteiger partial charge in [0.2, 0.25) is 0 Å². The summed E-state index contributed by atoms with van der Waals surface area (Å²) >= 11 is 15.3. The number of carbonyl (C=O) groups excluding carboxylic acids is 1. The van der Waals surface area contributed by atoms with Crippen LogP contribution < -0.4 is 11.1 Å². The van der Waals surface area contributed by atoms with E-state index in [1.54, 1.807) is 47.4 Å². The Labute approximate surface area is 169 Å². The summed E-state index contributed by atoms with van der Waals surface area (Å²) in [5.74, 6) is 0.564. The lowest BCUT2D eigenvalue weighted by molar-refractivity contribution is 0.102. The van der Waals surface area contributed by atoms with Crippen LogP contribution in [0.5, 0.6) is 0 Å². The number of thiazole rings is 1. The minimum atomic E-state index is -0.239. The lowest BCUT2D eigenvalue weighted by Gasteiger charge is -2.09. The van der Waals surface area contributed by atoms with E-state index in [2.05, 4.69) is 10.3 Å². The van der Waals surface area contributed by atoms with Crippen molar-refractivity contribution in [2.75, 3.05) is 11.1 Å². The molecule has 1 aromatic heterocycles. The third kappa shape index (κ3) is 4.71. The first-order chi connectivity index (χ1) is 12.4. The SMILES string of the molecule is Cc1csc(SCc2ccc(C(=O)Nc3cc(Cl)c(N)c(Cl)c3)cc2)n1. The number of nitrogens with zero attached hydrogens (tertiary/aromatic N) is 1. The number of carbonyl (C=O) groups is 1. The van der Waals surface area contributed by atoms with E-state index < -0.39 is 0 Å². The number of hydrogen-bond donors (Lipinski definition) is 2. The highest BCUT2D eigenvalue weighted by atomic mass is 35.5. The van der Waals surface area contributed by atoms with E-state index in [-0.39, 0.29) is 5.91 Å². The second-order valence-corrected chi connectivity index (χ2v) is 8.44. The highest BCUT2D eigenvalue weighted by Crippen LogP contribution is 2.31. The topological polar surface area (TPSA) is 68.0 Å². The number of nitrogen functional groups attached to an aromatic ring is 1. The quantitative estimate of drug-likeness (QED) is 0.396. The van der Waals surface area contributed by atoms with Gasteiger partial charge in [0.05, 0.1) is 15.7 Å². The monoisotopic (exact) mass is 423 g/mol. The fourth-order valence-corrected chi connectivity index (χ4v) is 4.45. The molecular weight excluding hydrogens is 409 g/mol. The molecule has 134 valence electrons. The van der Waals surface area contributed by atoms with Crippen molar-refractivity contribution in [1.29, 1.82) is 0 Å². The van der Waals surface area contributed by atoms with Crippen molar-refractivity contribution in [3.63, 3.8) is 0 Å². The van der Waals surface area contributed by atoms with E-state index in [0.717, 1.165) is 21.3 Å². The fourth-order valence-electron chi connectivity index (χ4n) is 2.16. The highest BCUT2D eigenvalue weighted by Gasteiger charge is 2.10. The number of nitrogens with one attached hydrogen (secondary N) is 1. The van der Waals surface area contributed by atoms with Crippen LogP contribution in [0.2, 0.25) is 10.0 Å². The number of aryl methyl sites for hydroxylation is 1. The average molecular weight is 424 g/mol. The highest BCUT2D eigenvalue weighted by molar-refractivity contribution is 8.00. The van der Waals surface area contributed by atoms with Crippen molar-refractivity contribution in [2.45, 2.75) is 17.0 Å². The molecule has 1 heterocycles. The molecule has 0 radical (unpaired) electrons. The molecule has 0 saturated carbocycles. The molecule has 26 heavy (non-hydrogen) atoms. The Balaban J connectivity index is 1.63. The molecule has 0 bridgehead atoms. The number of aromatic nitrogens is 1. The Hall–Kier alpha value is -1.73. The molecule has 0 spiro atoms. The third-order valence-corrected chi connectivity index (χ3v) is 6.35. The summed E-state index contributed by atoms with van der Waals surface area (Å²) in [6, 6.07) is 10.6. The van der Waals surface area contributed by atoms with E-state index in [1.165, 1.54) is 0 Å². The van der Waals surface area contributed by atoms with E-state index in [0.29, 0.717) is 27.0 Å². The van der Waals surface area contributed by atoms with Crippen molar-refractivity contribution in [1.82, 2.24) is 4.98 Å². The second kappa shape index (κ2) is 8.31. The molecule has 0 aliphatic rings. The molecule has 8 heteroatoms. The van der Waals surface area contributed by atoms with E-state index >= 15 is 0 Å². The Morgan fingerprint density at radius 3 is 2.46 bits per heavy atom. The number of amides is 1. The predicted molar refractivity (Wildman–Crippen MR) is 112 cm³/mol. The van der Waals surface area contributed by atoms with Crippen LogP contribution in [0.15, 0.2) is 46.1 Å². The molecular formula is C18H15Cl2N3OS2. The molecule has 4 nitrogen and oxygen atoms in total. The Morgan fingerprint density at radius 1 is 1.23 bits per heavy atom. The molecule has 0 atom stereocenters. The summed E-state index contributed by atoms with van der Waals surface area (Å²) in [5, 5.41) is 5.41. The zero-order valence-electron chi connectivity index (χ0n) is 13.8.